The van der Waals surface area contributed by atoms with Crippen LogP contribution in [0.4, 0.5) is 0 Å². The first kappa shape index (κ1) is 14.5. The van der Waals surface area contributed by atoms with Crippen molar-refractivity contribution in [1.29, 1.82) is 0 Å². The van der Waals surface area contributed by atoms with Crippen LogP contribution in [0.1, 0.15) is 49.8 Å². The van der Waals surface area contributed by atoms with Crippen LogP contribution in [0.3, 0.4) is 0 Å². The van der Waals surface area contributed by atoms with Crippen molar-refractivity contribution < 1.29 is 0 Å². The first-order chi connectivity index (χ1) is 9.33. The lowest BCUT2D eigenvalue weighted by Crippen LogP contribution is -2.32. The lowest BCUT2D eigenvalue weighted by Gasteiger charge is -2.27. The maximum absolute atomic E-state index is 3.51. The van der Waals surface area contributed by atoms with Crippen LogP contribution in [0, 0.1) is 5.92 Å². The maximum atomic E-state index is 3.51. The Hall–Kier alpha value is -0.860. The largest absolute Gasteiger partial charge is 0.316 e. The Morgan fingerprint density at radius 2 is 2.11 bits per heavy atom. The molecule has 0 radical (unpaired) electrons. The molecule has 2 N–H and O–H groups in total. The minimum atomic E-state index is 0.501. The zero-order chi connectivity index (χ0) is 13.5. The zero-order valence-electron chi connectivity index (χ0n) is 12.4. The summed E-state index contributed by atoms with van der Waals surface area (Å²) in [5, 5.41) is 7.00. The van der Waals surface area contributed by atoms with Crippen molar-refractivity contribution in [3.8, 4) is 0 Å². The maximum Gasteiger partial charge on any atom is 0.0320 e. The van der Waals surface area contributed by atoms with Crippen LogP contribution in [0.15, 0.2) is 24.3 Å². The Morgan fingerprint density at radius 1 is 1.32 bits per heavy atom. The molecule has 0 spiro atoms. The second-order valence-corrected chi connectivity index (χ2v) is 5.78. The monoisotopic (exact) mass is 260 g/mol. The second kappa shape index (κ2) is 7.66. The fourth-order valence-corrected chi connectivity index (χ4v) is 3.08. The molecule has 2 rings (SSSR count). The Labute approximate surface area is 118 Å². The number of hydrogen-bond acceptors (Lipinski definition) is 2. The molecule has 19 heavy (non-hydrogen) atoms. The summed E-state index contributed by atoms with van der Waals surface area (Å²) in [6.45, 7) is 4.62. The highest BCUT2D eigenvalue weighted by atomic mass is 14.9. The molecule has 1 aliphatic heterocycles. The van der Waals surface area contributed by atoms with E-state index in [1.54, 1.807) is 0 Å². The highest BCUT2D eigenvalue weighted by Crippen LogP contribution is 2.25. The van der Waals surface area contributed by atoms with Gasteiger partial charge in [-0.15, -0.1) is 0 Å². The minimum absolute atomic E-state index is 0.501. The van der Waals surface area contributed by atoms with Crippen LogP contribution in [-0.2, 0) is 6.42 Å². The third-order valence-corrected chi connectivity index (χ3v) is 4.24. The van der Waals surface area contributed by atoms with Gasteiger partial charge in [0.25, 0.3) is 0 Å². The number of piperidine rings is 1. The van der Waals surface area contributed by atoms with E-state index in [0.29, 0.717) is 6.04 Å². The van der Waals surface area contributed by atoms with Gasteiger partial charge < -0.3 is 10.6 Å². The van der Waals surface area contributed by atoms with Crippen molar-refractivity contribution in [2.24, 2.45) is 5.92 Å². The average molecular weight is 260 g/mol. The van der Waals surface area contributed by atoms with Crippen molar-refractivity contribution >= 4 is 0 Å². The Bertz CT molecular complexity index is 352. The summed E-state index contributed by atoms with van der Waals surface area (Å²) in [6, 6.07) is 9.70. The van der Waals surface area contributed by atoms with Gasteiger partial charge in [-0.1, -0.05) is 37.6 Å². The molecule has 2 heteroatoms. The zero-order valence-corrected chi connectivity index (χ0v) is 12.4. The Morgan fingerprint density at radius 3 is 2.68 bits per heavy atom. The molecule has 2 nitrogen and oxygen atoms in total. The summed E-state index contributed by atoms with van der Waals surface area (Å²) in [5.74, 6) is 0.821. The molecule has 0 aromatic heterocycles. The summed E-state index contributed by atoms with van der Waals surface area (Å²) < 4.78 is 0. The van der Waals surface area contributed by atoms with Crippen LogP contribution in [-0.4, -0.2) is 20.1 Å². The van der Waals surface area contributed by atoms with Gasteiger partial charge in [-0.25, -0.2) is 0 Å². The SMILES string of the molecule is CCCc1ccc(C(CC2CCCNC2)NC)cc1. The Kier molecular flexibility index (Phi) is 5.87. The molecule has 1 saturated heterocycles. The number of benzene rings is 1. The van der Waals surface area contributed by atoms with Crippen molar-refractivity contribution in [3.63, 3.8) is 0 Å². The molecule has 2 unspecified atom stereocenters. The number of rotatable bonds is 6. The van der Waals surface area contributed by atoms with E-state index in [1.807, 2.05) is 0 Å². The summed E-state index contributed by atoms with van der Waals surface area (Å²) in [5.41, 5.74) is 2.90. The number of hydrogen-bond donors (Lipinski definition) is 2. The fourth-order valence-electron chi connectivity index (χ4n) is 3.08. The molecule has 0 bridgehead atoms. The van der Waals surface area contributed by atoms with E-state index in [9.17, 15) is 0 Å². The van der Waals surface area contributed by atoms with Gasteiger partial charge in [0.2, 0.25) is 0 Å². The standard InChI is InChI=1S/C17H28N2/c1-3-5-14-7-9-16(10-8-14)17(18-2)12-15-6-4-11-19-13-15/h7-10,15,17-19H,3-6,11-13H2,1-2H3. The number of aryl methyl sites for hydroxylation is 1. The third-order valence-electron chi connectivity index (χ3n) is 4.24. The quantitative estimate of drug-likeness (QED) is 0.820. The summed E-state index contributed by atoms with van der Waals surface area (Å²) in [4.78, 5) is 0. The van der Waals surface area contributed by atoms with Crippen molar-refractivity contribution in [2.45, 2.75) is 45.1 Å². The summed E-state index contributed by atoms with van der Waals surface area (Å²) in [7, 11) is 2.08. The number of nitrogens with one attached hydrogen (secondary N) is 2. The van der Waals surface area contributed by atoms with E-state index in [4.69, 9.17) is 0 Å². The van der Waals surface area contributed by atoms with E-state index in [1.165, 1.54) is 56.3 Å². The van der Waals surface area contributed by atoms with Gasteiger partial charge in [0.05, 0.1) is 0 Å². The van der Waals surface area contributed by atoms with E-state index in [0.717, 1.165) is 5.92 Å². The molecule has 1 aromatic carbocycles. The van der Waals surface area contributed by atoms with Crippen LogP contribution >= 0.6 is 0 Å². The molecule has 0 saturated carbocycles. The predicted octanol–water partition coefficient (Wildman–Crippen LogP) is 3.29. The van der Waals surface area contributed by atoms with E-state index in [2.05, 4.69) is 48.9 Å². The highest BCUT2D eigenvalue weighted by Gasteiger charge is 2.18. The minimum Gasteiger partial charge on any atom is -0.316 e. The van der Waals surface area contributed by atoms with Crippen molar-refractivity contribution in [3.05, 3.63) is 35.4 Å². The lowest BCUT2D eigenvalue weighted by atomic mass is 9.89. The molecular formula is C17H28N2. The molecule has 0 aliphatic carbocycles. The van der Waals surface area contributed by atoms with E-state index in [-0.39, 0.29) is 0 Å². The van der Waals surface area contributed by atoms with E-state index >= 15 is 0 Å². The van der Waals surface area contributed by atoms with Crippen LogP contribution < -0.4 is 10.6 Å². The molecule has 1 heterocycles. The second-order valence-electron chi connectivity index (χ2n) is 5.78. The summed E-state index contributed by atoms with van der Waals surface area (Å²) in [6.07, 6.45) is 6.37. The van der Waals surface area contributed by atoms with Crippen molar-refractivity contribution in [1.82, 2.24) is 10.6 Å². The van der Waals surface area contributed by atoms with Gasteiger partial charge >= 0.3 is 0 Å². The Balaban J connectivity index is 1.95. The van der Waals surface area contributed by atoms with Gasteiger partial charge in [-0.2, -0.15) is 0 Å². The normalized spacial score (nSPS) is 21.3. The van der Waals surface area contributed by atoms with Gasteiger partial charge in [0.15, 0.2) is 0 Å². The average Bonchev–Trinajstić information content (AvgIpc) is 2.47. The van der Waals surface area contributed by atoms with Crippen LogP contribution in [0.2, 0.25) is 0 Å². The molecule has 1 fully saturated rings. The van der Waals surface area contributed by atoms with Gasteiger partial charge in [0.1, 0.15) is 0 Å². The molecule has 1 aromatic rings. The van der Waals surface area contributed by atoms with E-state index < -0.39 is 0 Å². The van der Waals surface area contributed by atoms with Crippen LogP contribution in [0.5, 0.6) is 0 Å². The fraction of sp³-hybridized carbons (Fsp3) is 0.647. The molecule has 1 aliphatic rings. The topological polar surface area (TPSA) is 24.1 Å². The molecular weight excluding hydrogens is 232 g/mol. The summed E-state index contributed by atoms with van der Waals surface area (Å²) >= 11 is 0. The highest BCUT2D eigenvalue weighted by molar-refractivity contribution is 5.25. The first-order valence-corrected chi connectivity index (χ1v) is 7.80. The van der Waals surface area contributed by atoms with Crippen LogP contribution in [0.25, 0.3) is 0 Å². The first-order valence-electron chi connectivity index (χ1n) is 7.80. The predicted molar refractivity (Wildman–Crippen MR) is 82.4 cm³/mol. The smallest absolute Gasteiger partial charge is 0.0320 e. The molecule has 0 amide bonds. The van der Waals surface area contributed by atoms with Gasteiger partial charge in [-0.05, 0) is 62.9 Å². The lowest BCUT2D eigenvalue weighted by molar-refractivity contribution is 0.322. The molecule has 106 valence electrons. The van der Waals surface area contributed by atoms with Crippen molar-refractivity contribution in [2.75, 3.05) is 20.1 Å². The van der Waals surface area contributed by atoms with Gasteiger partial charge in [-0.3, -0.25) is 0 Å². The van der Waals surface area contributed by atoms with Gasteiger partial charge in [0, 0.05) is 6.04 Å². The third kappa shape index (κ3) is 4.32. The molecule has 2 atom stereocenters.